The first kappa shape index (κ1) is 12.7. The molecule has 0 aliphatic heterocycles. The molecule has 2 aliphatic carbocycles. The molecular formula is C17H23NO. The van der Waals surface area contributed by atoms with Crippen LogP contribution >= 0.6 is 0 Å². The Labute approximate surface area is 115 Å². The molecule has 3 rings (SSSR count). The number of carbonyl (C=O) groups excluding carboxylic acids is 1. The van der Waals surface area contributed by atoms with Crippen molar-refractivity contribution >= 4 is 11.6 Å². The summed E-state index contributed by atoms with van der Waals surface area (Å²) in [5, 5.41) is 3.18. The third-order valence-electron chi connectivity index (χ3n) is 4.92. The minimum atomic E-state index is 0.250. The van der Waals surface area contributed by atoms with E-state index in [-0.39, 0.29) is 11.8 Å². The van der Waals surface area contributed by atoms with Crippen LogP contribution in [0.3, 0.4) is 0 Å². The Kier molecular flexibility index (Phi) is 3.34. The fraction of sp³-hybridized carbons (Fsp3) is 0.588. The molecule has 0 spiro atoms. The summed E-state index contributed by atoms with van der Waals surface area (Å²) in [7, 11) is 0. The fourth-order valence-electron chi connectivity index (χ4n) is 3.91. The van der Waals surface area contributed by atoms with Crippen molar-refractivity contribution in [1.29, 1.82) is 0 Å². The molecule has 2 nitrogen and oxygen atoms in total. The lowest BCUT2D eigenvalue weighted by molar-refractivity contribution is -0.121. The summed E-state index contributed by atoms with van der Waals surface area (Å²) < 4.78 is 0. The van der Waals surface area contributed by atoms with Crippen molar-refractivity contribution in [3.05, 3.63) is 29.8 Å². The van der Waals surface area contributed by atoms with Gasteiger partial charge in [0.25, 0.3) is 0 Å². The van der Waals surface area contributed by atoms with E-state index in [1.807, 2.05) is 18.2 Å². The van der Waals surface area contributed by atoms with Gasteiger partial charge in [-0.15, -0.1) is 0 Å². The van der Waals surface area contributed by atoms with Gasteiger partial charge in [-0.25, -0.2) is 0 Å². The quantitative estimate of drug-likeness (QED) is 0.864. The molecule has 1 aromatic carbocycles. The summed E-state index contributed by atoms with van der Waals surface area (Å²) in [5.41, 5.74) is 2.24. The van der Waals surface area contributed by atoms with Gasteiger partial charge < -0.3 is 5.32 Å². The molecule has 0 aromatic heterocycles. The normalized spacial score (nSPS) is 28.9. The van der Waals surface area contributed by atoms with Gasteiger partial charge in [-0.1, -0.05) is 38.5 Å². The molecule has 0 unspecified atom stereocenters. The molecule has 0 radical (unpaired) electrons. The van der Waals surface area contributed by atoms with Gasteiger partial charge >= 0.3 is 0 Å². The van der Waals surface area contributed by atoms with Crippen molar-refractivity contribution in [1.82, 2.24) is 0 Å². The van der Waals surface area contributed by atoms with E-state index < -0.39 is 0 Å². The highest BCUT2D eigenvalue weighted by Crippen LogP contribution is 2.48. The van der Waals surface area contributed by atoms with Crippen molar-refractivity contribution in [2.45, 2.75) is 45.4 Å². The van der Waals surface area contributed by atoms with Gasteiger partial charge in [-0.3, -0.25) is 4.79 Å². The van der Waals surface area contributed by atoms with Crippen LogP contribution in [0.1, 0.15) is 51.0 Å². The second-order valence-corrected chi connectivity index (χ2v) is 6.51. The molecular weight excluding hydrogens is 234 g/mol. The summed E-state index contributed by atoms with van der Waals surface area (Å²) in [6.07, 6.45) is 5.00. The lowest BCUT2D eigenvalue weighted by atomic mass is 9.88. The Morgan fingerprint density at radius 2 is 2.00 bits per heavy atom. The highest BCUT2D eigenvalue weighted by atomic mass is 16.1. The Morgan fingerprint density at radius 3 is 2.63 bits per heavy atom. The molecule has 1 aromatic rings. The largest absolute Gasteiger partial charge is 0.326 e. The zero-order valence-electron chi connectivity index (χ0n) is 11.9. The van der Waals surface area contributed by atoms with Crippen molar-refractivity contribution in [3.63, 3.8) is 0 Å². The van der Waals surface area contributed by atoms with E-state index in [0.717, 1.165) is 18.0 Å². The molecule has 1 amide bonds. The minimum absolute atomic E-state index is 0.250. The topological polar surface area (TPSA) is 29.1 Å². The number of rotatable bonds is 3. The van der Waals surface area contributed by atoms with Crippen LogP contribution in [-0.4, -0.2) is 5.91 Å². The summed E-state index contributed by atoms with van der Waals surface area (Å²) >= 11 is 0. The van der Waals surface area contributed by atoms with Crippen LogP contribution in [0.2, 0.25) is 0 Å². The lowest BCUT2D eigenvalue weighted by Gasteiger charge is -2.22. The minimum Gasteiger partial charge on any atom is -0.326 e. The van der Waals surface area contributed by atoms with Crippen LogP contribution in [0, 0.1) is 17.8 Å². The first-order valence-corrected chi connectivity index (χ1v) is 7.55. The molecule has 19 heavy (non-hydrogen) atoms. The molecule has 2 saturated carbocycles. The van der Waals surface area contributed by atoms with E-state index in [1.165, 1.54) is 24.8 Å². The maximum absolute atomic E-state index is 12.5. The highest BCUT2D eigenvalue weighted by Gasteiger charge is 2.43. The van der Waals surface area contributed by atoms with Gasteiger partial charge in [-0.05, 0) is 48.6 Å². The summed E-state index contributed by atoms with van der Waals surface area (Å²) in [5.74, 6) is 2.42. The Balaban J connectivity index is 1.73. The van der Waals surface area contributed by atoms with Crippen LogP contribution in [0.15, 0.2) is 24.3 Å². The van der Waals surface area contributed by atoms with Gasteiger partial charge in [0.1, 0.15) is 0 Å². The molecule has 3 atom stereocenters. The van der Waals surface area contributed by atoms with Gasteiger partial charge in [0.2, 0.25) is 5.91 Å². The third-order valence-corrected chi connectivity index (χ3v) is 4.92. The van der Waals surface area contributed by atoms with Crippen LogP contribution in [0.4, 0.5) is 5.69 Å². The molecule has 1 N–H and O–H groups in total. The summed E-state index contributed by atoms with van der Waals surface area (Å²) in [4.78, 5) is 12.5. The van der Waals surface area contributed by atoms with Crippen molar-refractivity contribution < 1.29 is 4.79 Å². The zero-order valence-corrected chi connectivity index (χ0v) is 11.9. The van der Waals surface area contributed by atoms with Gasteiger partial charge in [0, 0.05) is 11.6 Å². The van der Waals surface area contributed by atoms with Crippen LogP contribution < -0.4 is 5.32 Å². The summed E-state index contributed by atoms with van der Waals surface area (Å²) in [6.45, 7) is 4.34. The first-order chi connectivity index (χ1) is 9.15. The van der Waals surface area contributed by atoms with Gasteiger partial charge in [-0.2, -0.15) is 0 Å². The zero-order chi connectivity index (χ0) is 13.4. The Bertz CT molecular complexity index is 480. The predicted octanol–water partition coefficient (Wildman–Crippen LogP) is 4.18. The number of hydrogen-bond donors (Lipinski definition) is 1. The molecule has 0 saturated heterocycles. The van der Waals surface area contributed by atoms with E-state index in [2.05, 4.69) is 25.2 Å². The predicted molar refractivity (Wildman–Crippen MR) is 78.1 cm³/mol. The number of amides is 1. The van der Waals surface area contributed by atoms with Gasteiger partial charge in [0.05, 0.1) is 0 Å². The number of fused-ring (bicyclic) bond motifs is 2. The SMILES string of the molecule is CC(C)c1ccccc1NC(=O)[C@H]1C[C@@H]2CC[C@@H]1C2. The molecule has 2 aliphatic rings. The van der Waals surface area contributed by atoms with Crippen molar-refractivity contribution in [2.75, 3.05) is 5.32 Å². The molecule has 2 fully saturated rings. The van der Waals surface area contributed by atoms with E-state index in [1.54, 1.807) is 0 Å². The maximum Gasteiger partial charge on any atom is 0.227 e. The first-order valence-electron chi connectivity index (χ1n) is 7.55. The van der Waals surface area contributed by atoms with Gasteiger partial charge in [0.15, 0.2) is 0 Å². The average Bonchev–Trinajstić information content (AvgIpc) is 3.01. The van der Waals surface area contributed by atoms with Crippen molar-refractivity contribution in [2.24, 2.45) is 17.8 Å². The molecule has 2 heteroatoms. The molecule has 102 valence electrons. The van der Waals surface area contributed by atoms with Crippen LogP contribution in [0.25, 0.3) is 0 Å². The Hall–Kier alpha value is -1.31. The molecule has 0 heterocycles. The number of benzene rings is 1. The molecule has 2 bridgehead atoms. The fourth-order valence-corrected chi connectivity index (χ4v) is 3.91. The number of para-hydroxylation sites is 1. The van der Waals surface area contributed by atoms with E-state index in [0.29, 0.717) is 11.8 Å². The lowest BCUT2D eigenvalue weighted by Crippen LogP contribution is -2.27. The maximum atomic E-state index is 12.5. The van der Waals surface area contributed by atoms with E-state index in [4.69, 9.17) is 0 Å². The summed E-state index contributed by atoms with van der Waals surface area (Å²) in [6, 6.07) is 8.19. The van der Waals surface area contributed by atoms with Crippen LogP contribution in [0.5, 0.6) is 0 Å². The standard InChI is InChI=1S/C17H23NO/c1-11(2)14-5-3-4-6-16(14)18-17(19)15-10-12-7-8-13(15)9-12/h3-6,11-13,15H,7-10H2,1-2H3,(H,18,19)/t12-,13-,15+/m1/s1. The highest BCUT2D eigenvalue weighted by molar-refractivity contribution is 5.93. The number of anilines is 1. The Morgan fingerprint density at radius 1 is 1.21 bits per heavy atom. The monoisotopic (exact) mass is 257 g/mol. The number of hydrogen-bond acceptors (Lipinski definition) is 1. The number of nitrogens with one attached hydrogen (secondary N) is 1. The van der Waals surface area contributed by atoms with Crippen molar-refractivity contribution in [3.8, 4) is 0 Å². The average molecular weight is 257 g/mol. The second kappa shape index (κ2) is 4.99. The van der Waals surface area contributed by atoms with E-state index >= 15 is 0 Å². The second-order valence-electron chi connectivity index (χ2n) is 6.51. The van der Waals surface area contributed by atoms with E-state index in [9.17, 15) is 4.79 Å². The number of carbonyl (C=O) groups is 1. The van der Waals surface area contributed by atoms with Crippen LogP contribution in [-0.2, 0) is 4.79 Å². The third kappa shape index (κ3) is 2.41. The smallest absolute Gasteiger partial charge is 0.227 e.